The molecule has 2 aliphatic carbocycles. The van der Waals surface area contributed by atoms with Crippen LogP contribution in [0.5, 0.6) is 0 Å². The van der Waals surface area contributed by atoms with Crippen molar-refractivity contribution in [3.05, 3.63) is 294 Å². The summed E-state index contributed by atoms with van der Waals surface area (Å²) in [5.74, 6) is 0.177. The Morgan fingerprint density at radius 3 is 1.70 bits per heavy atom. The normalized spacial score (nSPS) is 14.2. The number of hydrogen-bond acceptors (Lipinski definition) is 0. The van der Waals surface area contributed by atoms with E-state index in [0.717, 1.165) is 5.69 Å². The van der Waals surface area contributed by atoms with Gasteiger partial charge in [0.25, 0.3) is 0 Å². The van der Waals surface area contributed by atoms with Gasteiger partial charge >= 0.3 is 0 Å². The fourth-order valence-corrected chi connectivity index (χ4v) is 12.1. The van der Waals surface area contributed by atoms with Gasteiger partial charge in [0.2, 0.25) is 0 Å². The van der Waals surface area contributed by atoms with E-state index in [-0.39, 0.29) is 5.92 Å². The van der Waals surface area contributed by atoms with Gasteiger partial charge in [0.05, 0.1) is 16.4 Å². The van der Waals surface area contributed by atoms with Gasteiger partial charge < -0.3 is 4.57 Å². The van der Waals surface area contributed by atoms with E-state index in [0.29, 0.717) is 0 Å². The molecular formula is C66H43N. The summed E-state index contributed by atoms with van der Waals surface area (Å²) in [5.41, 5.74) is 22.4. The first kappa shape index (κ1) is 37.8. The molecule has 67 heavy (non-hydrogen) atoms. The van der Waals surface area contributed by atoms with Gasteiger partial charge in [0.15, 0.2) is 0 Å². The maximum absolute atomic E-state index is 2.49. The van der Waals surface area contributed by atoms with Crippen molar-refractivity contribution in [3.63, 3.8) is 0 Å². The molecule has 12 aromatic rings. The van der Waals surface area contributed by atoms with E-state index in [9.17, 15) is 0 Å². The Morgan fingerprint density at radius 2 is 0.925 bits per heavy atom. The molecule has 0 bridgehead atoms. The van der Waals surface area contributed by atoms with E-state index in [4.69, 9.17) is 0 Å². The monoisotopic (exact) mass is 849 g/mol. The zero-order chi connectivity index (χ0) is 44.1. The van der Waals surface area contributed by atoms with Crippen LogP contribution in [0.4, 0.5) is 0 Å². The van der Waals surface area contributed by atoms with Crippen LogP contribution in [0.2, 0.25) is 0 Å². The highest BCUT2D eigenvalue weighted by atomic mass is 15.0. The van der Waals surface area contributed by atoms with Crippen molar-refractivity contribution in [2.24, 2.45) is 0 Å². The Balaban J connectivity index is 1.01. The third-order valence-corrected chi connectivity index (χ3v) is 14.9. The minimum Gasteiger partial charge on any atom is -0.309 e. The van der Waals surface area contributed by atoms with Crippen LogP contribution in [0.25, 0.3) is 82.8 Å². The van der Waals surface area contributed by atoms with Gasteiger partial charge in [-0.2, -0.15) is 0 Å². The Hall–Kier alpha value is -8.52. The third-order valence-electron chi connectivity index (χ3n) is 14.9. The molecule has 312 valence electrons. The number of nitrogens with zero attached hydrogens (tertiary/aromatic N) is 1. The largest absolute Gasteiger partial charge is 0.309 e. The van der Waals surface area contributed by atoms with E-state index in [1.165, 1.54) is 116 Å². The van der Waals surface area contributed by atoms with E-state index in [1.807, 2.05) is 0 Å². The van der Waals surface area contributed by atoms with Crippen molar-refractivity contribution in [2.45, 2.75) is 11.3 Å². The highest BCUT2D eigenvalue weighted by Crippen LogP contribution is 2.59. The van der Waals surface area contributed by atoms with Crippen LogP contribution < -0.4 is 0 Å². The van der Waals surface area contributed by atoms with Crippen LogP contribution in [-0.4, -0.2) is 4.57 Å². The summed E-state index contributed by atoms with van der Waals surface area (Å²) in [6.45, 7) is 0. The molecule has 1 heterocycles. The van der Waals surface area contributed by atoms with Crippen LogP contribution in [0.1, 0.15) is 44.9 Å². The quantitative estimate of drug-likeness (QED) is 0.157. The number of rotatable bonds is 6. The zero-order valence-corrected chi connectivity index (χ0v) is 36.8. The lowest BCUT2D eigenvalue weighted by Gasteiger charge is -2.33. The fraction of sp³-hybridized carbons (Fsp3) is 0.0303. The number of benzene rings is 11. The van der Waals surface area contributed by atoms with Crippen molar-refractivity contribution in [1.29, 1.82) is 0 Å². The molecule has 1 heteroatoms. The number of hydrogen-bond donors (Lipinski definition) is 0. The molecule has 0 amide bonds. The molecule has 0 radical (unpaired) electrons. The molecule has 14 rings (SSSR count). The molecule has 0 saturated heterocycles. The van der Waals surface area contributed by atoms with Crippen LogP contribution in [0.15, 0.2) is 255 Å². The second-order valence-electron chi connectivity index (χ2n) is 18.3. The van der Waals surface area contributed by atoms with Crippen LogP contribution in [0.3, 0.4) is 0 Å². The molecule has 0 fully saturated rings. The van der Waals surface area contributed by atoms with Crippen molar-refractivity contribution in [3.8, 4) is 50.2 Å². The molecule has 0 N–H and O–H groups in total. The third kappa shape index (κ3) is 5.55. The summed E-state index contributed by atoms with van der Waals surface area (Å²) >= 11 is 0. The van der Waals surface area contributed by atoms with Gasteiger partial charge in [-0.15, -0.1) is 0 Å². The first-order valence-corrected chi connectivity index (χ1v) is 23.4. The van der Waals surface area contributed by atoms with Gasteiger partial charge in [-0.1, -0.05) is 218 Å². The number of fused-ring (bicyclic) bond motifs is 11. The van der Waals surface area contributed by atoms with Crippen LogP contribution >= 0.6 is 0 Å². The maximum Gasteiger partial charge on any atom is 0.0713 e. The van der Waals surface area contributed by atoms with Crippen molar-refractivity contribution in [1.82, 2.24) is 4.57 Å². The van der Waals surface area contributed by atoms with Crippen molar-refractivity contribution >= 4 is 32.6 Å². The Labute approximate surface area is 390 Å². The highest BCUT2D eigenvalue weighted by Gasteiger charge is 2.47. The second kappa shape index (κ2) is 14.8. The average molecular weight is 850 g/mol. The summed E-state index contributed by atoms with van der Waals surface area (Å²) < 4.78 is 2.49. The molecule has 1 aromatic heterocycles. The van der Waals surface area contributed by atoms with Crippen LogP contribution in [0, 0.1) is 0 Å². The first-order chi connectivity index (χ1) is 33.2. The Morgan fingerprint density at radius 1 is 0.343 bits per heavy atom. The van der Waals surface area contributed by atoms with E-state index < -0.39 is 5.41 Å². The smallest absolute Gasteiger partial charge is 0.0713 e. The molecule has 1 atom stereocenters. The molecule has 2 aliphatic rings. The summed E-state index contributed by atoms with van der Waals surface area (Å²) in [6.07, 6.45) is 0. The SMILES string of the molecule is c1ccc(-c2ccc(-n3c4ccc(-c5ccc6c(c5)-c5ccccc5C6c5ccc6ccccc6c5)cc4c4c5c(ccc43)C(c3ccccc3)(c3ccccc3)c3ccccc3-5)cc2)cc1. The average Bonchev–Trinajstić information content (AvgIpc) is 4.03. The minimum absolute atomic E-state index is 0.177. The second-order valence-corrected chi connectivity index (χ2v) is 18.3. The minimum atomic E-state index is -0.499. The Kier molecular flexibility index (Phi) is 8.33. The highest BCUT2D eigenvalue weighted by molar-refractivity contribution is 6.19. The van der Waals surface area contributed by atoms with Crippen molar-refractivity contribution in [2.75, 3.05) is 0 Å². The predicted octanol–water partition coefficient (Wildman–Crippen LogP) is 16.8. The maximum atomic E-state index is 2.49. The topological polar surface area (TPSA) is 4.93 Å². The summed E-state index contributed by atoms with van der Waals surface area (Å²) in [6, 6.07) is 95.1. The summed E-state index contributed by atoms with van der Waals surface area (Å²) in [7, 11) is 0. The van der Waals surface area contributed by atoms with Gasteiger partial charge in [0, 0.05) is 22.4 Å². The van der Waals surface area contributed by atoms with Crippen molar-refractivity contribution < 1.29 is 0 Å². The molecule has 0 aliphatic heterocycles. The van der Waals surface area contributed by atoms with E-state index in [2.05, 4.69) is 259 Å². The van der Waals surface area contributed by atoms with Gasteiger partial charge in [-0.3, -0.25) is 0 Å². The van der Waals surface area contributed by atoms with E-state index >= 15 is 0 Å². The van der Waals surface area contributed by atoms with Crippen LogP contribution in [-0.2, 0) is 5.41 Å². The molecule has 0 spiro atoms. The predicted molar refractivity (Wildman–Crippen MR) is 279 cm³/mol. The van der Waals surface area contributed by atoms with Gasteiger partial charge in [-0.05, 0) is 131 Å². The lowest BCUT2D eigenvalue weighted by molar-refractivity contribution is 0.769. The lowest BCUT2D eigenvalue weighted by atomic mass is 9.67. The Bertz CT molecular complexity index is 3860. The standard InChI is InChI=1S/C66H43N/c1-4-16-43(17-5-1)45-30-34-52(35-31-45)67-61-38-33-48(47-32-36-55-57(41-47)53-24-12-13-25-54(53)63(55)49-29-28-44-18-10-11-19-46(44)40-49)42-58(61)65-62(67)39-37-60-64(65)56-26-14-15-27-59(56)66(60,50-20-6-2-7-21-50)51-22-8-3-9-23-51/h1-42,63H. The fourth-order valence-electron chi connectivity index (χ4n) is 12.1. The summed E-state index contributed by atoms with van der Waals surface area (Å²) in [5, 5.41) is 5.08. The molecular weight excluding hydrogens is 807 g/mol. The first-order valence-electron chi connectivity index (χ1n) is 23.4. The van der Waals surface area contributed by atoms with E-state index in [1.54, 1.807) is 0 Å². The number of aromatic nitrogens is 1. The van der Waals surface area contributed by atoms with Gasteiger partial charge in [-0.25, -0.2) is 0 Å². The van der Waals surface area contributed by atoms with Gasteiger partial charge in [0.1, 0.15) is 0 Å². The zero-order valence-electron chi connectivity index (χ0n) is 36.8. The molecule has 0 saturated carbocycles. The molecule has 11 aromatic carbocycles. The molecule has 1 unspecified atom stereocenters. The summed E-state index contributed by atoms with van der Waals surface area (Å²) in [4.78, 5) is 0. The molecule has 1 nitrogen and oxygen atoms in total. The lowest BCUT2D eigenvalue weighted by Crippen LogP contribution is -2.28.